The summed E-state index contributed by atoms with van der Waals surface area (Å²) in [4.78, 5) is 0. The molecule has 1 saturated heterocycles. The second-order valence-corrected chi connectivity index (χ2v) is 1.69. The van der Waals surface area contributed by atoms with Crippen molar-refractivity contribution in [3.63, 3.8) is 0 Å². The largest absolute Gasteiger partial charge is 0.377 e. The lowest BCUT2D eigenvalue weighted by molar-refractivity contribution is -0.0334. The first kappa shape index (κ1) is 8.95. The van der Waals surface area contributed by atoms with E-state index in [1.165, 1.54) is 5.54 Å². The zero-order valence-electron chi connectivity index (χ0n) is 5.31. The number of rotatable bonds is 0. The van der Waals surface area contributed by atoms with E-state index >= 15 is 0 Å². The SMILES string of the molecule is C1COCCO1.C=CCl. The molecule has 0 aromatic rings. The van der Waals surface area contributed by atoms with Gasteiger partial charge in [-0.05, 0) is 5.54 Å². The minimum absolute atomic E-state index is 0.778. The first-order chi connectivity index (χ1) is 4.41. The molecule has 0 N–H and O–H groups in total. The minimum Gasteiger partial charge on any atom is -0.377 e. The highest BCUT2D eigenvalue weighted by Crippen LogP contribution is 1.85. The van der Waals surface area contributed by atoms with Gasteiger partial charge in [-0.2, -0.15) is 0 Å². The Balaban J connectivity index is 0.000000187. The third-order valence-corrected chi connectivity index (χ3v) is 0.744. The van der Waals surface area contributed by atoms with Crippen molar-refractivity contribution in [1.82, 2.24) is 0 Å². The van der Waals surface area contributed by atoms with Crippen LogP contribution < -0.4 is 0 Å². The van der Waals surface area contributed by atoms with E-state index < -0.39 is 0 Å². The van der Waals surface area contributed by atoms with Crippen LogP contribution in [-0.4, -0.2) is 26.4 Å². The average Bonchev–Trinajstić information content (AvgIpc) is 1.93. The first-order valence-electron chi connectivity index (χ1n) is 2.78. The maximum atomic E-state index is 4.94. The van der Waals surface area contributed by atoms with Crippen LogP contribution in [0, 0.1) is 0 Å². The molecule has 0 aromatic heterocycles. The van der Waals surface area contributed by atoms with Crippen molar-refractivity contribution in [2.75, 3.05) is 26.4 Å². The Morgan fingerprint density at radius 2 is 1.33 bits per heavy atom. The minimum atomic E-state index is 0.778. The van der Waals surface area contributed by atoms with E-state index in [1.54, 1.807) is 0 Å². The van der Waals surface area contributed by atoms with Crippen LogP contribution in [0.3, 0.4) is 0 Å². The molecule has 0 atom stereocenters. The lowest BCUT2D eigenvalue weighted by atomic mass is 10.6. The van der Waals surface area contributed by atoms with Gasteiger partial charge in [0.2, 0.25) is 0 Å². The van der Waals surface area contributed by atoms with Crippen LogP contribution in [0.1, 0.15) is 0 Å². The molecule has 3 heteroatoms. The molecule has 54 valence electrons. The Bertz CT molecular complexity index is 50.6. The summed E-state index contributed by atoms with van der Waals surface area (Å²) < 4.78 is 9.89. The van der Waals surface area contributed by atoms with Crippen molar-refractivity contribution in [3.8, 4) is 0 Å². The molecule has 0 aliphatic carbocycles. The zero-order valence-corrected chi connectivity index (χ0v) is 6.06. The summed E-state index contributed by atoms with van der Waals surface area (Å²) >= 11 is 4.76. The monoisotopic (exact) mass is 150 g/mol. The second-order valence-electron chi connectivity index (χ2n) is 1.38. The van der Waals surface area contributed by atoms with E-state index in [2.05, 4.69) is 6.58 Å². The highest BCUT2D eigenvalue weighted by molar-refractivity contribution is 6.25. The second kappa shape index (κ2) is 7.95. The Labute approximate surface area is 60.4 Å². The van der Waals surface area contributed by atoms with Gasteiger partial charge in [0, 0.05) is 0 Å². The Hall–Kier alpha value is -0.0500. The van der Waals surface area contributed by atoms with Gasteiger partial charge in [0.05, 0.1) is 26.4 Å². The van der Waals surface area contributed by atoms with Crippen LogP contribution in [0.4, 0.5) is 0 Å². The van der Waals surface area contributed by atoms with E-state index in [4.69, 9.17) is 21.1 Å². The molecule has 0 saturated carbocycles. The molecule has 1 fully saturated rings. The van der Waals surface area contributed by atoms with Crippen molar-refractivity contribution in [3.05, 3.63) is 12.1 Å². The highest BCUT2D eigenvalue weighted by atomic mass is 35.5. The molecule has 1 aliphatic rings. The number of halogens is 1. The highest BCUT2D eigenvalue weighted by Gasteiger charge is 1.94. The summed E-state index contributed by atoms with van der Waals surface area (Å²) in [6.45, 7) is 6.24. The zero-order chi connectivity index (χ0) is 6.95. The maximum absolute atomic E-state index is 4.94. The molecule has 1 heterocycles. The molecule has 2 nitrogen and oxygen atoms in total. The van der Waals surface area contributed by atoms with E-state index in [-0.39, 0.29) is 0 Å². The number of hydrogen-bond donors (Lipinski definition) is 0. The van der Waals surface area contributed by atoms with Gasteiger partial charge in [-0.15, -0.1) is 0 Å². The maximum Gasteiger partial charge on any atom is 0.0701 e. The summed E-state index contributed by atoms with van der Waals surface area (Å²) in [7, 11) is 0. The van der Waals surface area contributed by atoms with Crippen molar-refractivity contribution in [2.45, 2.75) is 0 Å². The van der Waals surface area contributed by atoms with Crippen LogP contribution in [0.25, 0.3) is 0 Å². The topological polar surface area (TPSA) is 18.5 Å². The molecule has 0 bridgehead atoms. The molecule has 9 heavy (non-hydrogen) atoms. The van der Waals surface area contributed by atoms with Crippen molar-refractivity contribution in [1.29, 1.82) is 0 Å². The fourth-order valence-electron chi connectivity index (χ4n) is 0.440. The number of hydrogen-bond acceptors (Lipinski definition) is 2. The van der Waals surface area contributed by atoms with Crippen molar-refractivity contribution < 1.29 is 9.47 Å². The van der Waals surface area contributed by atoms with Gasteiger partial charge in [-0.3, -0.25) is 0 Å². The third-order valence-electron chi connectivity index (χ3n) is 0.744. The summed E-state index contributed by atoms with van der Waals surface area (Å²) in [5, 5.41) is 0. The molecule has 0 unspecified atom stereocenters. The van der Waals surface area contributed by atoms with Crippen molar-refractivity contribution >= 4 is 11.6 Å². The third kappa shape index (κ3) is 7.95. The fraction of sp³-hybridized carbons (Fsp3) is 0.667. The van der Waals surface area contributed by atoms with Crippen LogP contribution in [0.15, 0.2) is 12.1 Å². The molecule has 0 aromatic carbocycles. The Kier molecular flexibility index (Phi) is 7.91. The molecule has 1 aliphatic heterocycles. The van der Waals surface area contributed by atoms with Crippen LogP contribution in [0.5, 0.6) is 0 Å². The predicted octanol–water partition coefficient (Wildman–Crippen LogP) is 1.40. The van der Waals surface area contributed by atoms with Gasteiger partial charge >= 0.3 is 0 Å². The lowest BCUT2D eigenvalue weighted by Gasteiger charge is -2.09. The molecule has 1 rings (SSSR count). The van der Waals surface area contributed by atoms with Gasteiger partial charge in [0.15, 0.2) is 0 Å². The van der Waals surface area contributed by atoms with E-state index in [0.717, 1.165) is 26.4 Å². The first-order valence-corrected chi connectivity index (χ1v) is 3.22. The summed E-state index contributed by atoms with van der Waals surface area (Å²) in [6.07, 6.45) is 0. The van der Waals surface area contributed by atoms with Crippen LogP contribution in [0.2, 0.25) is 0 Å². The molecule has 0 spiro atoms. The lowest BCUT2D eigenvalue weighted by Crippen LogP contribution is -2.16. The smallest absolute Gasteiger partial charge is 0.0701 e. The van der Waals surface area contributed by atoms with Gasteiger partial charge in [-0.25, -0.2) is 0 Å². The van der Waals surface area contributed by atoms with Crippen LogP contribution in [-0.2, 0) is 9.47 Å². The van der Waals surface area contributed by atoms with Crippen molar-refractivity contribution in [2.24, 2.45) is 0 Å². The van der Waals surface area contributed by atoms with E-state index in [1.807, 2.05) is 0 Å². The molecule has 0 radical (unpaired) electrons. The molecular formula is C6H11ClO2. The van der Waals surface area contributed by atoms with Gasteiger partial charge < -0.3 is 9.47 Å². The number of ether oxygens (including phenoxy) is 2. The summed E-state index contributed by atoms with van der Waals surface area (Å²) in [5.41, 5.74) is 1.22. The summed E-state index contributed by atoms with van der Waals surface area (Å²) in [5.74, 6) is 0. The Morgan fingerprint density at radius 3 is 1.44 bits per heavy atom. The van der Waals surface area contributed by atoms with Crippen LogP contribution >= 0.6 is 11.6 Å². The van der Waals surface area contributed by atoms with Gasteiger partial charge in [-0.1, -0.05) is 18.2 Å². The normalized spacial score (nSPS) is 17.4. The fourth-order valence-corrected chi connectivity index (χ4v) is 0.440. The van der Waals surface area contributed by atoms with E-state index in [9.17, 15) is 0 Å². The Morgan fingerprint density at radius 1 is 1.11 bits per heavy atom. The average molecular weight is 151 g/mol. The predicted molar refractivity (Wildman–Crippen MR) is 37.7 cm³/mol. The van der Waals surface area contributed by atoms with Gasteiger partial charge in [0.1, 0.15) is 0 Å². The standard InChI is InChI=1S/C4H8O2.C2H3Cl/c1-2-6-4-3-5-1;1-2-3/h1-4H2;2H,1H2. The quantitative estimate of drug-likeness (QED) is 0.520. The molecule has 0 amide bonds. The van der Waals surface area contributed by atoms with Gasteiger partial charge in [0.25, 0.3) is 0 Å². The molecular weight excluding hydrogens is 140 g/mol. The van der Waals surface area contributed by atoms with E-state index in [0.29, 0.717) is 0 Å². The summed E-state index contributed by atoms with van der Waals surface area (Å²) in [6, 6.07) is 0.